The van der Waals surface area contributed by atoms with Crippen LogP contribution in [0.1, 0.15) is 5.56 Å². The zero-order valence-electron chi connectivity index (χ0n) is 15.6. The van der Waals surface area contributed by atoms with Crippen molar-refractivity contribution >= 4 is 28.5 Å². The van der Waals surface area contributed by atoms with E-state index in [2.05, 4.69) is 5.32 Å². The molecule has 7 nitrogen and oxygen atoms in total. The van der Waals surface area contributed by atoms with Crippen LogP contribution in [0.5, 0.6) is 5.75 Å². The van der Waals surface area contributed by atoms with Crippen molar-refractivity contribution < 1.29 is 18.7 Å². The van der Waals surface area contributed by atoms with Crippen molar-refractivity contribution in [1.29, 1.82) is 0 Å². The lowest BCUT2D eigenvalue weighted by Gasteiger charge is -2.17. The molecule has 28 heavy (non-hydrogen) atoms. The van der Waals surface area contributed by atoms with Crippen LogP contribution in [0, 0.1) is 6.92 Å². The maximum Gasteiger partial charge on any atom is 0.336 e. The van der Waals surface area contributed by atoms with E-state index < -0.39 is 5.63 Å². The van der Waals surface area contributed by atoms with Crippen LogP contribution >= 0.6 is 0 Å². The van der Waals surface area contributed by atoms with E-state index in [4.69, 9.17) is 9.15 Å². The number of carbonyl (C=O) groups is 2. The SMILES string of the molecule is Cc1ccc(NC(=O)CN(C)C(=O)COc2ccc3ccc(=O)oc3c2)cc1. The number of aryl methyl sites for hydroxylation is 1. The number of rotatable bonds is 6. The first-order chi connectivity index (χ1) is 13.4. The zero-order chi connectivity index (χ0) is 20.1. The number of fused-ring (bicyclic) bond motifs is 1. The molecular weight excluding hydrogens is 360 g/mol. The molecule has 0 aliphatic carbocycles. The van der Waals surface area contributed by atoms with Crippen molar-refractivity contribution in [3.05, 3.63) is 70.6 Å². The van der Waals surface area contributed by atoms with E-state index in [0.717, 1.165) is 10.9 Å². The van der Waals surface area contributed by atoms with Gasteiger partial charge in [0.25, 0.3) is 5.91 Å². The molecule has 0 saturated carbocycles. The quantitative estimate of drug-likeness (QED) is 0.664. The topological polar surface area (TPSA) is 88.9 Å². The van der Waals surface area contributed by atoms with E-state index in [9.17, 15) is 14.4 Å². The highest BCUT2D eigenvalue weighted by Gasteiger charge is 2.14. The molecule has 0 radical (unpaired) electrons. The monoisotopic (exact) mass is 380 g/mol. The van der Waals surface area contributed by atoms with Gasteiger partial charge in [0.15, 0.2) is 6.61 Å². The number of ether oxygens (including phenoxy) is 1. The maximum absolute atomic E-state index is 12.2. The summed E-state index contributed by atoms with van der Waals surface area (Å²) in [7, 11) is 1.53. The molecule has 3 aromatic rings. The van der Waals surface area contributed by atoms with Crippen molar-refractivity contribution in [2.45, 2.75) is 6.92 Å². The fraction of sp³-hybridized carbons (Fsp3) is 0.190. The van der Waals surface area contributed by atoms with Gasteiger partial charge in [-0.1, -0.05) is 17.7 Å². The van der Waals surface area contributed by atoms with E-state index in [1.807, 2.05) is 19.1 Å². The first-order valence-electron chi connectivity index (χ1n) is 8.68. The number of hydrogen-bond donors (Lipinski definition) is 1. The van der Waals surface area contributed by atoms with Gasteiger partial charge in [-0.05, 0) is 37.3 Å². The van der Waals surface area contributed by atoms with Gasteiger partial charge < -0.3 is 19.4 Å². The summed E-state index contributed by atoms with van der Waals surface area (Å²) in [6.45, 7) is 1.63. The molecule has 2 aromatic carbocycles. The molecular formula is C21H20N2O5. The third-order valence-corrected chi connectivity index (χ3v) is 4.10. The number of likely N-dealkylation sites (N-methyl/N-ethyl adjacent to an activating group) is 1. The van der Waals surface area contributed by atoms with Crippen molar-refractivity contribution in [3.8, 4) is 5.75 Å². The molecule has 1 N–H and O–H groups in total. The average Bonchev–Trinajstić information content (AvgIpc) is 2.67. The van der Waals surface area contributed by atoms with Crippen LogP contribution in [0.25, 0.3) is 11.0 Å². The summed E-state index contributed by atoms with van der Waals surface area (Å²) in [6.07, 6.45) is 0. The van der Waals surface area contributed by atoms with Gasteiger partial charge in [-0.25, -0.2) is 4.79 Å². The van der Waals surface area contributed by atoms with Crippen molar-refractivity contribution in [1.82, 2.24) is 4.90 Å². The van der Waals surface area contributed by atoms with Crippen LogP contribution in [-0.4, -0.2) is 36.9 Å². The number of carbonyl (C=O) groups excluding carboxylic acids is 2. The van der Waals surface area contributed by atoms with Crippen LogP contribution in [-0.2, 0) is 9.59 Å². The molecule has 1 aromatic heterocycles. The standard InChI is InChI=1S/C21H20N2O5/c1-14-3-7-16(8-4-14)22-19(24)12-23(2)20(25)13-27-17-9-5-15-6-10-21(26)28-18(15)11-17/h3-11H,12-13H2,1-2H3,(H,22,24). The summed E-state index contributed by atoms with van der Waals surface area (Å²) >= 11 is 0. The fourth-order valence-corrected chi connectivity index (χ4v) is 2.53. The summed E-state index contributed by atoms with van der Waals surface area (Å²) in [5, 5.41) is 3.49. The molecule has 0 spiro atoms. The first kappa shape index (κ1) is 19.2. The molecule has 0 unspecified atom stereocenters. The van der Waals surface area contributed by atoms with Gasteiger partial charge in [-0.2, -0.15) is 0 Å². The van der Waals surface area contributed by atoms with Gasteiger partial charge in [0.1, 0.15) is 11.3 Å². The second-order valence-electron chi connectivity index (χ2n) is 6.41. The Morgan fingerprint density at radius 3 is 2.54 bits per heavy atom. The summed E-state index contributed by atoms with van der Waals surface area (Å²) in [6, 6.07) is 15.3. The van der Waals surface area contributed by atoms with Gasteiger partial charge >= 0.3 is 5.63 Å². The summed E-state index contributed by atoms with van der Waals surface area (Å²) in [5.41, 5.74) is 1.68. The molecule has 3 rings (SSSR count). The third kappa shape index (κ3) is 4.97. The highest BCUT2D eigenvalue weighted by molar-refractivity contribution is 5.94. The Balaban J connectivity index is 1.53. The Bertz CT molecular complexity index is 1060. The molecule has 1 heterocycles. The third-order valence-electron chi connectivity index (χ3n) is 4.10. The minimum absolute atomic E-state index is 0.0946. The van der Waals surface area contributed by atoms with E-state index in [0.29, 0.717) is 17.0 Å². The predicted molar refractivity (Wildman–Crippen MR) is 105 cm³/mol. The molecule has 0 aliphatic heterocycles. The van der Waals surface area contributed by atoms with Crippen molar-refractivity contribution in [2.75, 3.05) is 25.5 Å². The van der Waals surface area contributed by atoms with Crippen molar-refractivity contribution in [2.24, 2.45) is 0 Å². The van der Waals surface area contributed by atoms with Gasteiger partial charge in [0.2, 0.25) is 5.91 Å². The van der Waals surface area contributed by atoms with Crippen LogP contribution in [0.4, 0.5) is 5.69 Å². The van der Waals surface area contributed by atoms with Gasteiger partial charge in [0, 0.05) is 30.3 Å². The number of nitrogens with one attached hydrogen (secondary N) is 1. The fourth-order valence-electron chi connectivity index (χ4n) is 2.53. The van der Waals surface area contributed by atoms with E-state index in [-0.39, 0.29) is 25.0 Å². The molecule has 7 heteroatoms. The van der Waals surface area contributed by atoms with Gasteiger partial charge in [0.05, 0.1) is 6.54 Å². The number of nitrogens with zero attached hydrogens (tertiary/aromatic N) is 1. The number of amides is 2. The maximum atomic E-state index is 12.2. The van der Waals surface area contributed by atoms with E-state index in [1.54, 1.807) is 36.4 Å². The molecule has 2 amide bonds. The smallest absolute Gasteiger partial charge is 0.336 e. The molecule has 0 saturated heterocycles. The summed E-state index contributed by atoms with van der Waals surface area (Å²) < 4.78 is 10.6. The van der Waals surface area contributed by atoms with Gasteiger partial charge in [-0.3, -0.25) is 9.59 Å². The van der Waals surface area contributed by atoms with Crippen LogP contribution in [0.15, 0.2) is 63.8 Å². The lowest BCUT2D eigenvalue weighted by atomic mass is 10.2. The Hall–Kier alpha value is -3.61. The van der Waals surface area contributed by atoms with E-state index in [1.165, 1.54) is 18.0 Å². The zero-order valence-corrected chi connectivity index (χ0v) is 15.6. The Morgan fingerprint density at radius 1 is 1.07 bits per heavy atom. The molecule has 0 bridgehead atoms. The van der Waals surface area contributed by atoms with E-state index >= 15 is 0 Å². The number of benzene rings is 2. The molecule has 0 fully saturated rings. The first-order valence-corrected chi connectivity index (χ1v) is 8.68. The van der Waals surface area contributed by atoms with Crippen LogP contribution < -0.4 is 15.7 Å². The van der Waals surface area contributed by atoms with Gasteiger partial charge in [-0.15, -0.1) is 0 Å². The Kier molecular flexibility index (Phi) is 5.74. The average molecular weight is 380 g/mol. The molecule has 0 aliphatic rings. The second kappa shape index (κ2) is 8.39. The van der Waals surface area contributed by atoms with Crippen LogP contribution in [0.2, 0.25) is 0 Å². The second-order valence-corrected chi connectivity index (χ2v) is 6.41. The Labute approximate surface area is 161 Å². The molecule has 0 atom stereocenters. The number of anilines is 1. The highest BCUT2D eigenvalue weighted by atomic mass is 16.5. The Morgan fingerprint density at radius 2 is 1.79 bits per heavy atom. The highest BCUT2D eigenvalue weighted by Crippen LogP contribution is 2.19. The predicted octanol–water partition coefficient (Wildman–Crippen LogP) is 2.58. The van der Waals surface area contributed by atoms with Crippen molar-refractivity contribution in [3.63, 3.8) is 0 Å². The lowest BCUT2D eigenvalue weighted by molar-refractivity contribution is -0.135. The number of hydrogen-bond acceptors (Lipinski definition) is 5. The summed E-state index contributed by atoms with van der Waals surface area (Å²) in [4.78, 5) is 36.9. The van der Waals surface area contributed by atoms with Crippen LogP contribution in [0.3, 0.4) is 0 Å². The minimum atomic E-state index is -0.458. The summed E-state index contributed by atoms with van der Waals surface area (Å²) in [5.74, 6) is -0.256. The minimum Gasteiger partial charge on any atom is -0.484 e. The largest absolute Gasteiger partial charge is 0.484 e. The molecule has 144 valence electrons. The normalized spacial score (nSPS) is 10.5. The lowest BCUT2D eigenvalue weighted by Crippen LogP contribution is -2.37.